The van der Waals surface area contributed by atoms with Crippen molar-refractivity contribution >= 4 is 27.3 Å². The highest BCUT2D eigenvalue weighted by Crippen LogP contribution is 2.31. The molecule has 150 valence electrons. The van der Waals surface area contributed by atoms with Crippen LogP contribution in [0.5, 0.6) is 5.75 Å². The Morgan fingerprint density at radius 3 is 2.68 bits per heavy atom. The maximum Gasteiger partial charge on any atom is 0.262 e. The average Bonchev–Trinajstić information content (AvgIpc) is 2.68. The SMILES string of the molecule is CCOc1ccc(S(=O)(=O)Nc2ccc3c(c2)CCCN3C(=O)CC)cc1F. The smallest absolute Gasteiger partial charge is 0.262 e. The van der Waals surface area contributed by atoms with Gasteiger partial charge in [-0.3, -0.25) is 9.52 Å². The fourth-order valence-electron chi connectivity index (χ4n) is 3.25. The number of hydrogen-bond acceptors (Lipinski definition) is 4. The average molecular weight is 406 g/mol. The fourth-order valence-corrected chi connectivity index (χ4v) is 4.31. The van der Waals surface area contributed by atoms with E-state index in [1.165, 1.54) is 12.1 Å². The molecule has 0 saturated heterocycles. The van der Waals surface area contributed by atoms with Gasteiger partial charge in [0.2, 0.25) is 5.91 Å². The first-order valence-corrected chi connectivity index (χ1v) is 10.7. The Bertz CT molecular complexity index is 992. The number of benzene rings is 2. The third-order valence-corrected chi connectivity index (χ3v) is 5.95. The number of hydrogen-bond donors (Lipinski definition) is 1. The molecule has 1 amide bonds. The highest BCUT2D eigenvalue weighted by Gasteiger charge is 2.23. The van der Waals surface area contributed by atoms with Crippen molar-refractivity contribution in [3.8, 4) is 5.75 Å². The van der Waals surface area contributed by atoms with Gasteiger partial charge >= 0.3 is 0 Å². The Labute approximate surface area is 164 Å². The summed E-state index contributed by atoms with van der Waals surface area (Å²) >= 11 is 0. The number of ether oxygens (including phenoxy) is 1. The van der Waals surface area contributed by atoms with Gasteiger partial charge < -0.3 is 9.64 Å². The lowest BCUT2D eigenvalue weighted by Gasteiger charge is -2.29. The third-order valence-electron chi connectivity index (χ3n) is 4.57. The number of anilines is 2. The first-order chi connectivity index (χ1) is 13.4. The first-order valence-electron chi connectivity index (χ1n) is 9.24. The number of fused-ring (bicyclic) bond motifs is 1. The number of amides is 1. The molecule has 0 spiro atoms. The van der Waals surface area contributed by atoms with Crippen molar-refractivity contribution in [2.45, 2.75) is 38.0 Å². The van der Waals surface area contributed by atoms with Gasteiger partial charge in [0.25, 0.3) is 10.0 Å². The molecule has 0 bridgehead atoms. The molecule has 0 aliphatic carbocycles. The maximum atomic E-state index is 14.0. The predicted octanol–water partition coefficient (Wildman–Crippen LogP) is 3.71. The van der Waals surface area contributed by atoms with E-state index in [2.05, 4.69) is 4.72 Å². The van der Waals surface area contributed by atoms with E-state index < -0.39 is 15.8 Å². The van der Waals surface area contributed by atoms with E-state index in [0.717, 1.165) is 30.2 Å². The lowest BCUT2D eigenvalue weighted by atomic mass is 10.0. The van der Waals surface area contributed by atoms with Crippen LogP contribution < -0.4 is 14.4 Å². The maximum absolute atomic E-state index is 14.0. The number of nitrogens with one attached hydrogen (secondary N) is 1. The molecular weight excluding hydrogens is 383 g/mol. The van der Waals surface area contributed by atoms with E-state index >= 15 is 0 Å². The van der Waals surface area contributed by atoms with Gasteiger partial charge in [-0.1, -0.05) is 6.92 Å². The number of rotatable bonds is 6. The summed E-state index contributed by atoms with van der Waals surface area (Å²) < 4.78 is 46.9. The summed E-state index contributed by atoms with van der Waals surface area (Å²) in [6.45, 7) is 4.48. The van der Waals surface area contributed by atoms with Gasteiger partial charge in [-0.25, -0.2) is 12.8 Å². The second-order valence-corrected chi connectivity index (χ2v) is 8.16. The molecule has 0 unspecified atom stereocenters. The third kappa shape index (κ3) is 4.11. The molecule has 2 aromatic rings. The number of carbonyl (C=O) groups excluding carboxylic acids is 1. The molecule has 6 nitrogen and oxygen atoms in total. The van der Waals surface area contributed by atoms with Crippen LogP contribution in [-0.4, -0.2) is 27.5 Å². The summed E-state index contributed by atoms with van der Waals surface area (Å²) in [7, 11) is -3.95. The highest BCUT2D eigenvalue weighted by molar-refractivity contribution is 7.92. The molecule has 2 aromatic carbocycles. The van der Waals surface area contributed by atoms with E-state index in [9.17, 15) is 17.6 Å². The monoisotopic (exact) mass is 406 g/mol. The molecule has 1 aliphatic heterocycles. The van der Waals surface area contributed by atoms with Crippen LogP contribution in [0.3, 0.4) is 0 Å². The van der Waals surface area contributed by atoms with Gasteiger partial charge in [-0.2, -0.15) is 0 Å². The Hall–Kier alpha value is -2.61. The van der Waals surface area contributed by atoms with Crippen molar-refractivity contribution < 1.29 is 22.3 Å². The normalized spacial score (nSPS) is 13.8. The zero-order chi connectivity index (χ0) is 20.3. The quantitative estimate of drug-likeness (QED) is 0.793. The Kier molecular flexibility index (Phi) is 5.88. The molecule has 1 N–H and O–H groups in total. The molecular formula is C20H23FN2O4S. The van der Waals surface area contributed by atoms with Crippen molar-refractivity contribution in [1.29, 1.82) is 0 Å². The first kappa shape index (κ1) is 20.1. The van der Waals surface area contributed by atoms with E-state index in [-0.39, 0.29) is 23.2 Å². The largest absolute Gasteiger partial charge is 0.491 e. The lowest BCUT2D eigenvalue weighted by molar-refractivity contribution is -0.118. The molecule has 0 radical (unpaired) electrons. The molecule has 8 heteroatoms. The number of carbonyl (C=O) groups is 1. The Morgan fingerprint density at radius 2 is 2.00 bits per heavy atom. The van der Waals surface area contributed by atoms with Crippen LogP contribution in [0.2, 0.25) is 0 Å². The molecule has 0 aromatic heterocycles. The van der Waals surface area contributed by atoms with E-state index in [0.29, 0.717) is 18.7 Å². The number of aryl methyl sites for hydroxylation is 1. The molecule has 0 saturated carbocycles. The summed E-state index contributed by atoms with van der Waals surface area (Å²) in [4.78, 5) is 13.7. The van der Waals surface area contributed by atoms with Crippen LogP contribution in [0, 0.1) is 5.82 Å². The highest BCUT2D eigenvalue weighted by atomic mass is 32.2. The van der Waals surface area contributed by atoms with Crippen molar-refractivity contribution in [2.75, 3.05) is 22.8 Å². The molecule has 1 aliphatic rings. The van der Waals surface area contributed by atoms with Crippen LogP contribution in [0.25, 0.3) is 0 Å². The minimum Gasteiger partial charge on any atom is -0.491 e. The van der Waals surface area contributed by atoms with Gasteiger partial charge in [-0.15, -0.1) is 0 Å². The second-order valence-electron chi connectivity index (χ2n) is 6.48. The van der Waals surface area contributed by atoms with Crippen molar-refractivity contribution in [2.24, 2.45) is 0 Å². The van der Waals surface area contributed by atoms with Gasteiger partial charge in [0, 0.05) is 24.3 Å². The molecule has 0 atom stereocenters. The van der Waals surface area contributed by atoms with E-state index in [1.54, 1.807) is 30.0 Å². The van der Waals surface area contributed by atoms with Crippen LogP contribution in [-0.2, 0) is 21.2 Å². The summed E-state index contributed by atoms with van der Waals surface area (Å²) in [6.07, 6.45) is 1.99. The van der Waals surface area contributed by atoms with Crippen molar-refractivity contribution in [3.05, 3.63) is 47.8 Å². The Morgan fingerprint density at radius 1 is 1.21 bits per heavy atom. The lowest BCUT2D eigenvalue weighted by Crippen LogP contribution is -2.34. The zero-order valence-electron chi connectivity index (χ0n) is 15.9. The summed E-state index contributed by atoms with van der Waals surface area (Å²) in [5, 5.41) is 0. The van der Waals surface area contributed by atoms with Crippen LogP contribution in [0.15, 0.2) is 41.3 Å². The molecule has 1 heterocycles. The minimum absolute atomic E-state index is 0.0101. The van der Waals surface area contributed by atoms with Crippen LogP contribution in [0.1, 0.15) is 32.3 Å². The number of nitrogens with zero attached hydrogens (tertiary/aromatic N) is 1. The molecule has 0 fully saturated rings. The standard InChI is InChI=1S/C20H23FN2O4S/c1-3-20(24)23-11-5-6-14-12-15(7-9-18(14)23)22-28(25,26)16-8-10-19(27-4-2)17(21)13-16/h7-10,12-13,22H,3-6,11H2,1-2H3. The predicted molar refractivity (Wildman–Crippen MR) is 106 cm³/mol. The molecule has 3 rings (SSSR count). The van der Waals surface area contributed by atoms with Crippen LogP contribution >= 0.6 is 0 Å². The van der Waals surface area contributed by atoms with E-state index in [1.807, 2.05) is 6.92 Å². The summed E-state index contributed by atoms with van der Waals surface area (Å²) in [5.74, 6) is -0.682. The van der Waals surface area contributed by atoms with Gasteiger partial charge in [0.15, 0.2) is 11.6 Å². The van der Waals surface area contributed by atoms with Gasteiger partial charge in [0.1, 0.15) is 0 Å². The summed E-state index contributed by atoms with van der Waals surface area (Å²) in [6, 6.07) is 8.63. The zero-order valence-corrected chi connectivity index (χ0v) is 16.7. The summed E-state index contributed by atoms with van der Waals surface area (Å²) in [5.41, 5.74) is 2.10. The van der Waals surface area contributed by atoms with Gasteiger partial charge in [-0.05, 0) is 61.7 Å². The molecule has 28 heavy (non-hydrogen) atoms. The minimum atomic E-state index is -3.95. The second kappa shape index (κ2) is 8.18. The fraction of sp³-hybridized carbons (Fsp3) is 0.350. The number of sulfonamides is 1. The topological polar surface area (TPSA) is 75.7 Å². The Balaban J connectivity index is 1.85. The number of halogens is 1. The van der Waals surface area contributed by atoms with E-state index in [4.69, 9.17) is 4.74 Å². The van der Waals surface area contributed by atoms with Crippen molar-refractivity contribution in [1.82, 2.24) is 0 Å². The van der Waals surface area contributed by atoms with Crippen molar-refractivity contribution in [3.63, 3.8) is 0 Å². The van der Waals surface area contributed by atoms with Crippen LogP contribution in [0.4, 0.5) is 15.8 Å². The van der Waals surface area contributed by atoms with Gasteiger partial charge in [0.05, 0.1) is 11.5 Å².